The Morgan fingerprint density at radius 3 is 2.75 bits per heavy atom. The number of aromatic nitrogens is 1. The van der Waals surface area contributed by atoms with Gasteiger partial charge in [0, 0.05) is 18.7 Å². The number of imide groups is 1. The van der Waals surface area contributed by atoms with Crippen molar-refractivity contribution in [3.05, 3.63) is 34.2 Å². The van der Waals surface area contributed by atoms with Crippen LogP contribution in [0.5, 0.6) is 0 Å². The van der Waals surface area contributed by atoms with E-state index in [0.29, 0.717) is 6.42 Å². The predicted molar refractivity (Wildman–Crippen MR) is 56.9 cm³/mol. The van der Waals surface area contributed by atoms with Crippen LogP contribution in [0.25, 0.3) is 0 Å². The van der Waals surface area contributed by atoms with Crippen LogP contribution in [0.15, 0.2) is 23.1 Å². The number of piperidine rings is 1. The molecule has 0 saturated carbocycles. The molecule has 1 unspecified atom stereocenters. The van der Waals surface area contributed by atoms with E-state index in [1.807, 2.05) is 6.92 Å². The summed E-state index contributed by atoms with van der Waals surface area (Å²) in [4.78, 5) is 34.2. The summed E-state index contributed by atoms with van der Waals surface area (Å²) in [5.41, 5.74) is 0.685. The molecule has 1 aliphatic heterocycles. The van der Waals surface area contributed by atoms with Gasteiger partial charge in [0.05, 0.1) is 0 Å². The molecule has 0 spiro atoms. The van der Waals surface area contributed by atoms with Gasteiger partial charge in [0.25, 0.3) is 5.56 Å². The number of hydrogen-bond donors (Lipinski definition) is 1. The highest BCUT2D eigenvalue weighted by Crippen LogP contribution is 2.16. The van der Waals surface area contributed by atoms with Gasteiger partial charge < -0.3 is 4.57 Å². The SMILES string of the molecule is Cc1ccc(=O)n(C2CCC(=O)NC2=O)c1. The summed E-state index contributed by atoms with van der Waals surface area (Å²) in [6.07, 6.45) is 2.30. The minimum atomic E-state index is -0.565. The van der Waals surface area contributed by atoms with E-state index >= 15 is 0 Å². The zero-order valence-electron chi connectivity index (χ0n) is 8.90. The molecule has 0 aliphatic carbocycles. The minimum Gasteiger partial charge on any atom is -0.303 e. The third kappa shape index (κ3) is 1.88. The summed E-state index contributed by atoms with van der Waals surface area (Å²) in [5.74, 6) is -0.675. The van der Waals surface area contributed by atoms with Crippen molar-refractivity contribution in [2.75, 3.05) is 0 Å². The van der Waals surface area contributed by atoms with Gasteiger partial charge in [-0.1, -0.05) is 6.07 Å². The molecule has 0 radical (unpaired) electrons. The summed E-state index contributed by atoms with van der Waals surface area (Å²) in [5, 5.41) is 2.24. The van der Waals surface area contributed by atoms with E-state index < -0.39 is 11.9 Å². The highest BCUT2D eigenvalue weighted by molar-refractivity contribution is 5.99. The standard InChI is InChI=1S/C11H12N2O3/c1-7-2-5-10(15)13(6-7)8-3-4-9(14)12-11(8)16/h2,5-6,8H,3-4H2,1H3,(H,12,14,16). The van der Waals surface area contributed by atoms with Crippen LogP contribution in [0.3, 0.4) is 0 Å². The Kier molecular flexibility index (Phi) is 2.60. The number of nitrogens with zero attached hydrogens (tertiary/aromatic N) is 1. The number of aryl methyl sites for hydroxylation is 1. The van der Waals surface area contributed by atoms with Crippen molar-refractivity contribution < 1.29 is 9.59 Å². The third-order valence-corrected chi connectivity index (χ3v) is 2.63. The smallest absolute Gasteiger partial charge is 0.251 e. The second-order valence-corrected chi connectivity index (χ2v) is 3.92. The summed E-state index contributed by atoms with van der Waals surface area (Å²) >= 11 is 0. The molecule has 5 heteroatoms. The van der Waals surface area contributed by atoms with Gasteiger partial charge in [-0.2, -0.15) is 0 Å². The van der Waals surface area contributed by atoms with E-state index in [0.717, 1.165) is 5.56 Å². The fourth-order valence-corrected chi connectivity index (χ4v) is 1.81. The molecular weight excluding hydrogens is 208 g/mol. The fraction of sp³-hybridized carbons (Fsp3) is 0.364. The monoisotopic (exact) mass is 220 g/mol. The van der Waals surface area contributed by atoms with Gasteiger partial charge in [-0.25, -0.2) is 0 Å². The Labute approximate surface area is 92.1 Å². The number of carbonyl (C=O) groups is 2. The average molecular weight is 220 g/mol. The lowest BCUT2D eigenvalue weighted by atomic mass is 10.1. The van der Waals surface area contributed by atoms with Crippen molar-refractivity contribution >= 4 is 11.8 Å². The minimum absolute atomic E-state index is 0.222. The van der Waals surface area contributed by atoms with Gasteiger partial charge in [-0.3, -0.25) is 19.7 Å². The quantitative estimate of drug-likeness (QED) is 0.684. The topological polar surface area (TPSA) is 68.2 Å². The van der Waals surface area contributed by atoms with Gasteiger partial charge in [0.15, 0.2) is 0 Å². The van der Waals surface area contributed by atoms with Crippen LogP contribution in [0.2, 0.25) is 0 Å². The Bertz CT molecular complexity index is 504. The molecular formula is C11H12N2O3. The van der Waals surface area contributed by atoms with E-state index in [2.05, 4.69) is 5.32 Å². The Hall–Kier alpha value is -1.91. The molecule has 1 atom stereocenters. The predicted octanol–water partition coefficient (Wildman–Crippen LogP) is 0.134. The van der Waals surface area contributed by atoms with E-state index in [1.54, 1.807) is 12.3 Å². The summed E-state index contributed by atoms with van der Waals surface area (Å²) < 4.78 is 1.39. The molecule has 2 rings (SSSR count). The van der Waals surface area contributed by atoms with Gasteiger partial charge in [-0.15, -0.1) is 0 Å². The zero-order valence-corrected chi connectivity index (χ0v) is 8.90. The Balaban J connectivity index is 2.37. The third-order valence-electron chi connectivity index (χ3n) is 2.63. The van der Waals surface area contributed by atoms with Crippen LogP contribution < -0.4 is 10.9 Å². The van der Waals surface area contributed by atoms with E-state index in [9.17, 15) is 14.4 Å². The molecule has 16 heavy (non-hydrogen) atoms. The summed E-state index contributed by atoms with van der Waals surface area (Å²) in [7, 11) is 0. The van der Waals surface area contributed by atoms with Gasteiger partial charge in [0.2, 0.25) is 11.8 Å². The van der Waals surface area contributed by atoms with Crippen LogP contribution >= 0.6 is 0 Å². The molecule has 1 saturated heterocycles. The first-order valence-corrected chi connectivity index (χ1v) is 5.10. The molecule has 0 bridgehead atoms. The van der Waals surface area contributed by atoms with Crippen molar-refractivity contribution in [2.45, 2.75) is 25.8 Å². The normalized spacial score (nSPS) is 20.7. The molecule has 1 aromatic heterocycles. The van der Waals surface area contributed by atoms with Gasteiger partial charge in [0.1, 0.15) is 6.04 Å². The lowest BCUT2D eigenvalue weighted by molar-refractivity contribution is -0.135. The first-order chi connectivity index (χ1) is 7.58. The molecule has 1 fully saturated rings. The van der Waals surface area contributed by atoms with Crippen molar-refractivity contribution in [3.63, 3.8) is 0 Å². The van der Waals surface area contributed by atoms with Crippen LogP contribution in [-0.4, -0.2) is 16.4 Å². The molecule has 84 valence electrons. The van der Waals surface area contributed by atoms with Crippen LogP contribution in [0, 0.1) is 6.92 Å². The number of pyridine rings is 1. The van der Waals surface area contributed by atoms with Gasteiger partial charge >= 0.3 is 0 Å². The molecule has 5 nitrogen and oxygen atoms in total. The Morgan fingerprint density at radius 2 is 2.06 bits per heavy atom. The molecule has 1 N–H and O–H groups in total. The summed E-state index contributed by atoms with van der Waals surface area (Å²) in [6, 6.07) is 2.56. The maximum absolute atomic E-state index is 11.6. The number of hydrogen-bond acceptors (Lipinski definition) is 3. The van der Waals surface area contributed by atoms with Crippen LogP contribution in [0.4, 0.5) is 0 Å². The lowest BCUT2D eigenvalue weighted by Crippen LogP contribution is -2.44. The second kappa shape index (κ2) is 3.92. The van der Waals surface area contributed by atoms with Gasteiger partial charge in [-0.05, 0) is 18.9 Å². The van der Waals surface area contributed by atoms with Crippen molar-refractivity contribution in [1.29, 1.82) is 0 Å². The first-order valence-electron chi connectivity index (χ1n) is 5.10. The number of carbonyl (C=O) groups excluding carboxylic acids is 2. The first kappa shape index (κ1) is 10.6. The number of amides is 2. The average Bonchev–Trinajstić information content (AvgIpc) is 2.22. The fourth-order valence-electron chi connectivity index (χ4n) is 1.81. The highest BCUT2D eigenvalue weighted by Gasteiger charge is 2.28. The van der Waals surface area contributed by atoms with E-state index in [4.69, 9.17) is 0 Å². The maximum atomic E-state index is 11.6. The highest BCUT2D eigenvalue weighted by atomic mass is 16.2. The maximum Gasteiger partial charge on any atom is 0.251 e. The van der Waals surface area contributed by atoms with E-state index in [1.165, 1.54) is 10.6 Å². The Morgan fingerprint density at radius 1 is 1.31 bits per heavy atom. The van der Waals surface area contributed by atoms with E-state index in [-0.39, 0.29) is 17.9 Å². The number of rotatable bonds is 1. The van der Waals surface area contributed by atoms with Crippen molar-refractivity contribution in [3.8, 4) is 0 Å². The molecule has 2 amide bonds. The second-order valence-electron chi connectivity index (χ2n) is 3.92. The largest absolute Gasteiger partial charge is 0.303 e. The summed E-state index contributed by atoms with van der Waals surface area (Å²) in [6.45, 7) is 1.85. The lowest BCUT2D eigenvalue weighted by Gasteiger charge is -2.22. The van der Waals surface area contributed by atoms with Crippen LogP contribution in [-0.2, 0) is 9.59 Å². The zero-order chi connectivity index (χ0) is 11.7. The molecule has 2 heterocycles. The van der Waals surface area contributed by atoms with Crippen molar-refractivity contribution in [2.24, 2.45) is 0 Å². The number of nitrogens with one attached hydrogen (secondary N) is 1. The molecule has 1 aliphatic rings. The molecule has 1 aromatic rings. The van der Waals surface area contributed by atoms with Crippen LogP contribution in [0.1, 0.15) is 24.4 Å². The molecule has 0 aromatic carbocycles. The van der Waals surface area contributed by atoms with Crippen molar-refractivity contribution in [1.82, 2.24) is 9.88 Å².